The minimum Gasteiger partial charge on any atom is -0.493 e. The molecule has 0 spiro atoms. The van der Waals surface area contributed by atoms with E-state index < -0.39 is 5.54 Å². The van der Waals surface area contributed by atoms with Gasteiger partial charge in [0.15, 0.2) is 0 Å². The Hall–Kier alpha value is -1.84. The molecule has 2 rings (SSSR count). The highest BCUT2D eigenvalue weighted by Crippen LogP contribution is 2.23. The summed E-state index contributed by atoms with van der Waals surface area (Å²) in [6, 6.07) is 17.7. The Morgan fingerprint density at radius 2 is 1.71 bits per heavy atom. The van der Waals surface area contributed by atoms with Gasteiger partial charge < -0.3 is 15.6 Å². The maximum atomic E-state index is 9.66. The second-order valence-electron chi connectivity index (χ2n) is 5.24. The van der Waals surface area contributed by atoms with Crippen molar-refractivity contribution in [1.82, 2.24) is 0 Å². The average molecular weight is 285 g/mol. The van der Waals surface area contributed by atoms with E-state index in [2.05, 4.69) is 13.0 Å². The van der Waals surface area contributed by atoms with Gasteiger partial charge in [-0.25, -0.2) is 0 Å². The highest BCUT2D eigenvalue weighted by atomic mass is 16.5. The van der Waals surface area contributed by atoms with Crippen molar-refractivity contribution in [3.8, 4) is 5.75 Å². The molecule has 0 aliphatic heterocycles. The van der Waals surface area contributed by atoms with Crippen molar-refractivity contribution in [3.05, 3.63) is 65.7 Å². The Bertz CT molecular complexity index is 556. The number of hydrogen-bond donors (Lipinski definition) is 2. The molecular formula is C18H23NO2. The lowest BCUT2D eigenvalue weighted by molar-refractivity contribution is 0.162. The predicted molar refractivity (Wildman–Crippen MR) is 85.3 cm³/mol. The van der Waals surface area contributed by atoms with Crippen LogP contribution in [0.15, 0.2) is 54.6 Å². The number of para-hydroxylation sites is 1. The lowest BCUT2D eigenvalue weighted by Gasteiger charge is -2.28. The van der Waals surface area contributed by atoms with E-state index in [0.29, 0.717) is 13.0 Å². The predicted octanol–water partition coefficient (Wildman–Crippen LogP) is 2.86. The smallest absolute Gasteiger partial charge is 0.122 e. The van der Waals surface area contributed by atoms with Crippen molar-refractivity contribution < 1.29 is 9.84 Å². The maximum absolute atomic E-state index is 9.66. The first-order valence-corrected chi connectivity index (χ1v) is 7.35. The van der Waals surface area contributed by atoms with Crippen LogP contribution in [-0.4, -0.2) is 18.3 Å². The molecule has 21 heavy (non-hydrogen) atoms. The number of aryl methyl sites for hydroxylation is 1. The normalized spacial score (nSPS) is 13.7. The maximum Gasteiger partial charge on any atom is 0.122 e. The van der Waals surface area contributed by atoms with Gasteiger partial charge in [-0.05, 0) is 23.6 Å². The second kappa shape index (κ2) is 7.25. The molecule has 0 aromatic heterocycles. The van der Waals surface area contributed by atoms with E-state index >= 15 is 0 Å². The highest BCUT2D eigenvalue weighted by Gasteiger charge is 2.26. The third-order valence-corrected chi connectivity index (χ3v) is 3.79. The molecule has 2 aromatic carbocycles. The molecule has 1 atom stereocenters. The minimum absolute atomic E-state index is 0.101. The summed E-state index contributed by atoms with van der Waals surface area (Å²) in [5.74, 6) is 0.897. The fourth-order valence-electron chi connectivity index (χ4n) is 2.36. The molecule has 0 fully saturated rings. The zero-order valence-electron chi connectivity index (χ0n) is 12.5. The fourth-order valence-corrected chi connectivity index (χ4v) is 2.36. The summed E-state index contributed by atoms with van der Waals surface area (Å²) in [6.07, 6.45) is 1.49. The molecule has 0 aliphatic carbocycles. The minimum atomic E-state index is -0.761. The topological polar surface area (TPSA) is 55.5 Å². The molecule has 112 valence electrons. The van der Waals surface area contributed by atoms with E-state index in [-0.39, 0.29) is 6.61 Å². The molecule has 2 aromatic rings. The van der Waals surface area contributed by atoms with E-state index in [1.54, 1.807) is 0 Å². The Morgan fingerprint density at radius 1 is 1.05 bits per heavy atom. The van der Waals surface area contributed by atoms with E-state index in [9.17, 15) is 5.11 Å². The summed E-state index contributed by atoms with van der Waals surface area (Å²) in [5.41, 5.74) is 7.68. The largest absolute Gasteiger partial charge is 0.493 e. The van der Waals surface area contributed by atoms with Crippen molar-refractivity contribution in [3.63, 3.8) is 0 Å². The first kappa shape index (κ1) is 15.5. The summed E-state index contributed by atoms with van der Waals surface area (Å²) in [4.78, 5) is 0. The van der Waals surface area contributed by atoms with E-state index in [1.807, 2.05) is 48.5 Å². The molecule has 0 heterocycles. The van der Waals surface area contributed by atoms with Crippen LogP contribution in [0.5, 0.6) is 5.75 Å². The summed E-state index contributed by atoms with van der Waals surface area (Å²) in [7, 11) is 0. The van der Waals surface area contributed by atoms with Gasteiger partial charge in [0.05, 0.1) is 18.8 Å². The van der Waals surface area contributed by atoms with Crippen LogP contribution in [0.2, 0.25) is 0 Å². The monoisotopic (exact) mass is 285 g/mol. The van der Waals surface area contributed by atoms with E-state index in [0.717, 1.165) is 17.7 Å². The van der Waals surface area contributed by atoms with Crippen molar-refractivity contribution in [2.45, 2.75) is 25.3 Å². The third-order valence-electron chi connectivity index (χ3n) is 3.79. The van der Waals surface area contributed by atoms with Gasteiger partial charge in [0, 0.05) is 6.42 Å². The number of ether oxygens (including phenoxy) is 1. The molecular weight excluding hydrogens is 262 g/mol. The number of nitrogens with two attached hydrogens (primary N) is 1. The van der Waals surface area contributed by atoms with Gasteiger partial charge in [-0.2, -0.15) is 0 Å². The van der Waals surface area contributed by atoms with Gasteiger partial charge >= 0.3 is 0 Å². The van der Waals surface area contributed by atoms with Crippen molar-refractivity contribution in [2.24, 2.45) is 5.73 Å². The van der Waals surface area contributed by atoms with Crippen LogP contribution < -0.4 is 10.5 Å². The summed E-state index contributed by atoms with van der Waals surface area (Å²) >= 11 is 0. The van der Waals surface area contributed by atoms with Crippen molar-refractivity contribution in [1.29, 1.82) is 0 Å². The van der Waals surface area contributed by atoms with Crippen LogP contribution in [0.4, 0.5) is 0 Å². The first-order valence-electron chi connectivity index (χ1n) is 7.35. The Morgan fingerprint density at radius 3 is 2.38 bits per heavy atom. The van der Waals surface area contributed by atoms with Gasteiger partial charge in [0.1, 0.15) is 5.75 Å². The van der Waals surface area contributed by atoms with E-state index in [4.69, 9.17) is 10.5 Å². The molecule has 3 heteroatoms. The zero-order valence-corrected chi connectivity index (χ0v) is 12.5. The van der Waals surface area contributed by atoms with Gasteiger partial charge in [-0.1, -0.05) is 55.5 Å². The average Bonchev–Trinajstić information content (AvgIpc) is 2.56. The third kappa shape index (κ3) is 3.84. The standard InChI is InChI=1S/C18H23NO2/c1-2-15-8-6-7-11-17(15)21-13-12-18(19,14-20)16-9-4-3-5-10-16/h3-11,20H,2,12-14,19H2,1H3. The molecule has 1 unspecified atom stereocenters. The molecule has 3 nitrogen and oxygen atoms in total. The van der Waals surface area contributed by atoms with Crippen LogP contribution in [0.3, 0.4) is 0 Å². The molecule has 0 amide bonds. The Balaban J connectivity index is 2.01. The van der Waals surface area contributed by atoms with Crippen LogP contribution in [0.25, 0.3) is 0 Å². The number of benzene rings is 2. The van der Waals surface area contributed by atoms with Gasteiger partial charge in [-0.15, -0.1) is 0 Å². The van der Waals surface area contributed by atoms with Gasteiger partial charge in [-0.3, -0.25) is 0 Å². The quantitative estimate of drug-likeness (QED) is 0.822. The number of hydrogen-bond acceptors (Lipinski definition) is 3. The van der Waals surface area contributed by atoms with Crippen molar-refractivity contribution >= 4 is 0 Å². The molecule has 0 saturated carbocycles. The number of aliphatic hydroxyl groups is 1. The summed E-state index contributed by atoms with van der Waals surface area (Å²) < 4.78 is 5.86. The van der Waals surface area contributed by atoms with Gasteiger partial charge in [0.2, 0.25) is 0 Å². The fraction of sp³-hybridized carbons (Fsp3) is 0.333. The van der Waals surface area contributed by atoms with Crippen LogP contribution in [-0.2, 0) is 12.0 Å². The van der Waals surface area contributed by atoms with E-state index in [1.165, 1.54) is 5.56 Å². The van der Waals surface area contributed by atoms with Crippen LogP contribution in [0.1, 0.15) is 24.5 Å². The number of aliphatic hydroxyl groups excluding tert-OH is 1. The Labute approximate surface area is 126 Å². The van der Waals surface area contributed by atoms with Gasteiger partial charge in [0.25, 0.3) is 0 Å². The summed E-state index contributed by atoms with van der Waals surface area (Å²) in [6.45, 7) is 2.48. The van der Waals surface area contributed by atoms with Crippen LogP contribution >= 0.6 is 0 Å². The molecule has 0 saturated heterocycles. The first-order chi connectivity index (χ1) is 10.2. The lowest BCUT2D eigenvalue weighted by atomic mass is 9.89. The number of rotatable bonds is 7. The van der Waals surface area contributed by atoms with Crippen molar-refractivity contribution in [2.75, 3.05) is 13.2 Å². The Kier molecular flexibility index (Phi) is 5.37. The molecule has 0 aliphatic rings. The summed E-state index contributed by atoms with van der Waals surface area (Å²) in [5, 5.41) is 9.66. The molecule has 3 N–H and O–H groups in total. The molecule has 0 radical (unpaired) electrons. The SMILES string of the molecule is CCc1ccccc1OCCC(N)(CO)c1ccccc1. The molecule has 0 bridgehead atoms. The second-order valence-corrected chi connectivity index (χ2v) is 5.24. The van der Waals surface area contributed by atoms with Crippen LogP contribution in [0, 0.1) is 0 Å². The highest BCUT2D eigenvalue weighted by molar-refractivity contribution is 5.33. The lowest BCUT2D eigenvalue weighted by Crippen LogP contribution is -2.41. The zero-order chi connectivity index (χ0) is 15.1.